The minimum absolute atomic E-state index is 0.527. The molecule has 16 heavy (non-hydrogen) atoms. The Bertz CT molecular complexity index is 240. The van der Waals surface area contributed by atoms with Crippen LogP contribution >= 0.6 is 153 Å². The fraction of sp³-hybridized carbons (Fsp3) is 1.00. The Hall–Kier alpha value is 5.76. The second-order valence-corrected chi connectivity index (χ2v) is 115. The van der Waals surface area contributed by atoms with Crippen LogP contribution in [0.15, 0.2) is 0 Å². The van der Waals surface area contributed by atoms with Gasteiger partial charge in [0.2, 0.25) is 0 Å². The Labute approximate surface area is 191 Å². The average molecular weight is 1060 g/mol. The first-order valence-electron chi connectivity index (χ1n) is 4.52. The molecule has 10 heteroatoms. The van der Waals surface area contributed by atoms with Crippen molar-refractivity contribution in [3.8, 4) is 0 Å². The third-order valence-corrected chi connectivity index (χ3v) is 168. The highest BCUT2D eigenvalue weighted by atomic mass is 127. The summed E-state index contributed by atoms with van der Waals surface area (Å²) in [5.74, 6) is 0.786. The molecule has 0 aromatic heterocycles. The molecule has 0 aliphatic rings. The fourth-order valence-electron chi connectivity index (χ4n) is 1.29. The molecule has 98 valence electrons. The van der Waals surface area contributed by atoms with Crippen LogP contribution < -0.4 is 0 Å². The molecule has 0 spiro atoms. The van der Waals surface area contributed by atoms with Gasteiger partial charge in [0, 0.05) is 0 Å². The molecule has 0 aliphatic heterocycles. The van der Waals surface area contributed by atoms with Gasteiger partial charge in [-0.3, -0.25) is 0 Å². The van der Waals surface area contributed by atoms with Crippen molar-refractivity contribution >= 4 is 157 Å². The van der Waals surface area contributed by atoms with Gasteiger partial charge in [-0.25, -0.2) is 0 Å². The van der Waals surface area contributed by atoms with Crippen LogP contribution in [0.3, 0.4) is 0 Å². The fourth-order valence-corrected chi connectivity index (χ4v) is 244. The summed E-state index contributed by atoms with van der Waals surface area (Å²) in [6.07, 6.45) is 0. The van der Waals surface area contributed by atoms with E-state index in [1.54, 1.807) is 0 Å². The SMILES string of the molecule is CC(C)C(C)(C)[Si](I)([Si](I)(I)I)[Si](I)(I)I. The first kappa shape index (κ1) is 21.8. The highest BCUT2D eigenvalue weighted by Crippen LogP contribution is 2.65. The van der Waals surface area contributed by atoms with Crippen LogP contribution in [-0.2, 0) is 0 Å². The van der Waals surface area contributed by atoms with E-state index >= 15 is 0 Å². The standard InChI is InChI=1S/C6H13I7Si3/c1-5(2)6(3,4)14(7,15(8,9)10)16(11,12)13/h5H,1-4H3. The summed E-state index contributed by atoms with van der Waals surface area (Å²) >= 11 is 19.9. The Morgan fingerprint density at radius 1 is 0.750 bits per heavy atom. The predicted molar refractivity (Wildman–Crippen MR) is 144 cm³/mol. The molecule has 0 unspecified atom stereocenters. The maximum atomic E-state index is 2.96. The lowest BCUT2D eigenvalue weighted by molar-refractivity contribution is 0.474. The first-order valence-corrected chi connectivity index (χ1v) is 34.3. The molecule has 0 atom stereocenters. The van der Waals surface area contributed by atoms with E-state index in [0.29, 0.717) is 5.04 Å². The minimum atomic E-state index is -1.28. The molecule has 0 saturated carbocycles. The van der Waals surface area contributed by atoms with E-state index in [-0.39, 0.29) is 0 Å². The summed E-state index contributed by atoms with van der Waals surface area (Å²) in [5, 5.41) is 0.527. The zero-order valence-corrected chi connectivity index (χ0v) is 27.3. The maximum Gasteiger partial charge on any atom is 0.254 e. The summed E-state index contributed by atoms with van der Waals surface area (Å²) in [6.45, 7) is 9.89. The molecule has 0 radical (unpaired) electrons. The lowest BCUT2D eigenvalue weighted by Crippen LogP contribution is -2.66. The summed E-state index contributed by atoms with van der Waals surface area (Å²) < 4.78 is -3.61. The van der Waals surface area contributed by atoms with E-state index in [4.69, 9.17) is 0 Å². The third kappa shape index (κ3) is 4.63. The van der Waals surface area contributed by atoms with Crippen molar-refractivity contribution in [2.75, 3.05) is 0 Å². The quantitative estimate of drug-likeness (QED) is 0.156. The van der Waals surface area contributed by atoms with Crippen LogP contribution in [0.1, 0.15) is 27.7 Å². The Kier molecular flexibility index (Phi) is 10.3. The summed E-state index contributed by atoms with van der Waals surface area (Å²) in [4.78, 5) is 0. The zero-order chi connectivity index (χ0) is 13.6. The normalized spacial score (nSPS) is 15.8. The average Bonchev–Trinajstić information content (AvgIpc) is 1.97. The molecule has 0 aliphatic carbocycles. The van der Waals surface area contributed by atoms with E-state index in [1.807, 2.05) is 0 Å². The molecular weight excluding hydrogens is 1040 g/mol. The van der Waals surface area contributed by atoms with E-state index in [2.05, 4.69) is 180 Å². The van der Waals surface area contributed by atoms with Crippen LogP contribution in [0.4, 0.5) is 0 Å². The van der Waals surface area contributed by atoms with E-state index in [0.717, 1.165) is 5.92 Å². The molecule has 0 fully saturated rings. The highest BCUT2D eigenvalue weighted by molar-refractivity contribution is 14.4. The van der Waals surface area contributed by atoms with Gasteiger partial charge in [-0.15, -0.1) is 21.8 Å². The second kappa shape index (κ2) is 7.55. The molecule has 0 aromatic carbocycles. The van der Waals surface area contributed by atoms with Crippen LogP contribution in [0.5, 0.6) is 0 Å². The Morgan fingerprint density at radius 2 is 1.00 bits per heavy atom. The van der Waals surface area contributed by atoms with Crippen molar-refractivity contribution in [1.82, 2.24) is 0 Å². The van der Waals surface area contributed by atoms with Crippen molar-refractivity contribution in [3.63, 3.8) is 0 Å². The largest absolute Gasteiger partial charge is 0.254 e. The minimum Gasteiger partial charge on any atom is -0.119 e. The van der Waals surface area contributed by atoms with Crippen molar-refractivity contribution in [2.45, 2.75) is 32.7 Å². The molecule has 0 rings (SSSR count). The topological polar surface area (TPSA) is 0 Å². The monoisotopic (exact) mass is 1060 g/mol. The Balaban J connectivity index is 5.81. The molecule has 0 N–H and O–H groups in total. The van der Waals surface area contributed by atoms with Crippen molar-refractivity contribution < 1.29 is 0 Å². The summed E-state index contributed by atoms with van der Waals surface area (Å²) in [5.41, 5.74) is 0. The number of rotatable bonds is 4. The van der Waals surface area contributed by atoms with Gasteiger partial charge >= 0.3 is 0 Å². The molecular formula is C6H13I7Si3. The van der Waals surface area contributed by atoms with E-state index in [9.17, 15) is 0 Å². The smallest absolute Gasteiger partial charge is 0.119 e. The molecule has 0 heterocycles. The van der Waals surface area contributed by atoms with Crippen LogP contribution in [0, 0.1) is 5.92 Å². The van der Waals surface area contributed by atoms with E-state index < -0.39 is 4.77 Å². The predicted octanol–water partition coefficient (Wildman–Crippen LogP) is 7.45. The van der Waals surface area contributed by atoms with Gasteiger partial charge in [0.25, 0.3) is 0.163 Å². The summed E-state index contributed by atoms with van der Waals surface area (Å²) in [7, 11) is 0. The lowest BCUT2D eigenvalue weighted by atomic mass is 9.99. The van der Waals surface area contributed by atoms with E-state index in [1.165, 1.54) is 0 Å². The van der Waals surface area contributed by atoms with Crippen molar-refractivity contribution in [2.24, 2.45) is 5.92 Å². The van der Waals surface area contributed by atoms with Gasteiger partial charge in [-0.1, -0.05) is 158 Å². The first-order chi connectivity index (χ1) is 6.69. The van der Waals surface area contributed by atoms with Gasteiger partial charge in [0.1, 0.15) is 0 Å². The number of hydrogen-bond acceptors (Lipinski definition) is 0. The third-order valence-electron chi connectivity index (χ3n) is 3.11. The molecule has 0 aromatic rings. The maximum absolute atomic E-state index is 2.96. The van der Waals surface area contributed by atoms with Gasteiger partial charge < -0.3 is 0 Å². The van der Waals surface area contributed by atoms with Crippen molar-refractivity contribution in [1.29, 1.82) is 0 Å². The number of halogens is 7. The van der Waals surface area contributed by atoms with Crippen LogP contribution in [0.2, 0.25) is 5.04 Å². The lowest BCUT2D eigenvalue weighted by Gasteiger charge is -2.50. The van der Waals surface area contributed by atoms with Gasteiger partial charge in [-0.05, 0) is 11.0 Å². The van der Waals surface area contributed by atoms with Gasteiger partial charge in [0.15, 0.2) is 4.61 Å². The highest BCUT2D eigenvalue weighted by Gasteiger charge is 2.70. The molecule has 0 saturated heterocycles. The number of hydrogen-bond donors (Lipinski definition) is 0. The molecule has 0 nitrogen and oxygen atoms in total. The van der Waals surface area contributed by atoms with Crippen molar-refractivity contribution in [3.05, 3.63) is 0 Å². The van der Waals surface area contributed by atoms with Gasteiger partial charge in [0.05, 0.1) is 0 Å². The van der Waals surface area contributed by atoms with Crippen LogP contribution in [-0.4, -0.2) is 4.77 Å². The van der Waals surface area contributed by atoms with Crippen LogP contribution in [0.25, 0.3) is 0 Å². The summed E-state index contributed by atoms with van der Waals surface area (Å²) in [6, 6.07) is 0. The van der Waals surface area contributed by atoms with Gasteiger partial charge in [-0.2, -0.15) is 0 Å². The second-order valence-electron chi connectivity index (χ2n) is 4.53. The Morgan fingerprint density at radius 3 is 1.06 bits per heavy atom. The molecule has 0 bridgehead atoms. The molecule has 0 amide bonds. The zero-order valence-electron chi connectivity index (χ0n) is 9.22.